The van der Waals surface area contributed by atoms with Crippen LogP contribution in [0, 0.1) is 12.3 Å². The van der Waals surface area contributed by atoms with Crippen LogP contribution in [0.15, 0.2) is 42.5 Å². The van der Waals surface area contributed by atoms with Crippen molar-refractivity contribution in [2.75, 3.05) is 13.2 Å². The molecule has 0 N–H and O–H groups in total. The molecule has 1 aliphatic rings. The second-order valence-corrected chi connectivity index (χ2v) is 9.01. The van der Waals surface area contributed by atoms with E-state index in [1.165, 1.54) is 0 Å². The SMILES string of the molecule is C#C[C@H](c1cccc2ccccc12)[C@@]1(P(=O)(OCC)OCC)CCCC1=O. The van der Waals surface area contributed by atoms with Crippen molar-refractivity contribution in [2.24, 2.45) is 0 Å². The molecule has 142 valence electrons. The first-order valence-corrected chi connectivity index (χ1v) is 10.9. The Labute approximate surface area is 160 Å². The summed E-state index contributed by atoms with van der Waals surface area (Å²) in [6.07, 6.45) is 7.35. The highest BCUT2D eigenvalue weighted by Gasteiger charge is 2.62. The summed E-state index contributed by atoms with van der Waals surface area (Å²) in [5.74, 6) is 1.99. The van der Waals surface area contributed by atoms with Gasteiger partial charge in [0.1, 0.15) is 5.16 Å². The van der Waals surface area contributed by atoms with Crippen LogP contribution in [0.5, 0.6) is 0 Å². The third kappa shape index (κ3) is 3.15. The first-order chi connectivity index (χ1) is 13.0. The summed E-state index contributed by atoms with van der Waals surface area (Å²) < 4.78 is 25.2. The van der Waals surface area contributed by atoms with E-state index in [0.717, 1.165) is 16.3 Å². The zero-order valence-corrected chi connectivity index (χ0v) is 16.7. The van der Waals surface area contributed by atoms with Crippen molar-refractivity contribution >= 4 is 24.2 Å². The lowest BCUT2D eigenvalue weighted by atomic mass is 9.81. The summed E-state index contributed by atoms with van der Waals surface area (Å²) in [7, 11) is -3.76. The predicted molar refractivity (Wildman–Crippen MR) is 108 cm³/mol. The molecule has 0 saturated heterocycles. The van der Waals surface area contributed by atoms with Gasteiger partial charge >= 0.3 is 7.60 Å². The Morgan fingerprint density at radius 3 is 2.41 bits per heavy atom. The molecule has 0 radical (unpaired) electrons. The second kappa shape index (κ2) is 7.98. The van der Waals surface area contributed by atoms with Gasteiger partial charge in [-0.3, -0.25) is 9.36 Å². The van der Waals surface area contributed by atoms with Crippen LogP contribution in [-0.4, -0.2) is 24.2 Å². The van der Waals surface area contributed by atoms with Crippen LogP contribution in [0.1, 0.15) is 44.6 Å². The summed E-state index contributed by atoms with van der Waals surface area (Å²) in [4.78, 5) is 13.2. The van der Waals surface area contributed by atoms with Gasteiger partial charge in [0.05, 0.1) is 19.1 Å². The molecule has 4 nitrogen and oxygen atoms in total. The fourth-order valence-electron chi connectivity index (χ4n) is 4.22. The number of carbonyl (C=O) groups excluding carboxylic acids is 1. The molecule has 0 aliphatic heterocycles. The summed E-state index contributed by atoms with van der Waals surface area (Å²) in [5, 5.41) is 0.651. The monoisotopic (exact) mass is 384 g/mol. The minimum Gasteiger partial charge on any atom is -0.308 e. The molecule has 0 amide bonds. The molecule has 0 aromatic heterocycles. The Kier molecular flexibility index (Phi) is 5.86. The number of hydrogen-bond donors (Lipinski definition) is 0. The van der Waals surface area contributed by atoms with Crippen LogP contribution in [0.2, 0.25) is 0 Å². The Hall–Kier alpha value is -1.92. The summed E-state index contributed by atoms with van der Waals surface area (Å²) >= 11 is 0. The fraction of sp³-hybridized carbons (Fsp3) is 0.409. The zero-order chi connectivity index (χ0) is 19.5. The number of Topliss-reactive ketones (excluding diaryl/α,β-unsaturated/α-hetero) is 1. The van der Waals surface area contributed by atoms with Crippen LogP contribution in [0.25, 0.3) is 10.8 Å². The first-order valence-electron chi connectivity index (χ1n) is 9.40. The van der Waals surface area contributed by atoms with Crippen molar-refractivity contribution in [2.45, 2.75) is 44.2 Å². The van der Waals surface area contributed by atoms with E-state index in [0.29, 0.717) is 19.3 Å². The molecule has 0 heterocycles. The Balaban J connectivity index is 2.27. The molecule has 5 heteroatoms. The van der Waals surface area contributed by atoms with Crippen LogP contribution in [-0.2, 0) is 18.4 Å². The van der Waals surface area contributed by atoms with Crippen molar-refractivity contribution in [1.82, 2.24) is 0 Å². The highest BCUT2D eigenvalue weighted by atomic mass is 31.2. The van der Waals surface area contributed by atoms with E-state index in [1.54, 1.807) is 13.8 Å². The largest absolute Gasteiger partial charge is 0.345 e. The fourth-order valence-corrected chi connectivity index (χ4v) is 6.82. The molecule has 0 bridgehead atoms. The molecule has 1 saturated carbocycles. The van der Waals surface area contributed by atoms with Crippen LogP contribution in [0.4, 0.5) is 0 Å². The number of ketones is 1. The molecule has 1 aliphatic carbocycles. The number of benzene rings is 2. The topological polar surface area (TPSA) is 52.6 Å². The molecule has 1 fully saturated rings. The Morgan fingerprint density at radius 2 is 1.81 bits per heavy atom. The molecule has 2 aromatic carbocycles. The Morgan fingerprint density at radius 1 is 1.15 bits per heavy atom. The third-order valence-corrected chi connectivity index (χ3v) is 8.21. The highest BCUT2D eigenvalue weighted by molar-refractivity contribution is 7.57. The smallest absolute Gasteiger partial charge is 0.308 e. The van der Waals surface area contributed by atoms with Crippen molar-refractivity contribution in [3.63, 3.8) is 0 Å². The lowest BCUT2D eigenvalue weighted by Gasteiger charge is -2.38. The van der Waals surface area contributed by atoms with Gasteiger partial charge in [0, 0.05) is 6.42 Å². The van der Waals surface area contributed by atoms with Crippen LogP contribution < -0.4 is 0 Å². The first kappa shape index (κ1) is 19.8. The average Bonchev–Trinajstić information content (AvgIpc) is 3.06. The number of hydrogen-bond acceptors (Lipinski definition) is 4. The standard InChI is InChI=1S/C22H25O4P/c1-4-20(19-14-9-12-17-11-7-8-13-18(17)19)22(16-10-15-21(22)23)27(24,25-5-2)26-6-3/h1,7-9,11-14,20H,5-6,10,15-16H2,2-3H3/t20-,22+/m1/s1. The molecule has 2 atom stereocenters. The van der Waals surface area contributed by atoms with E-state index in [-0.39, 0.29) is 19.0 Å². The second-order valence-electron chi connectivity index (χ2n) is 6.70. The van der Waals surface area contributed by atoms with Crippen molar-refractivity contribution in [3.05, 3.63) is 48.0 Å². The summed E-state index contributed by atoms with van der Waals surface area (Å²) in [5.41, 5.74) is 0.825. The average molecular weight is 384 g/mol. The van der Waals surface area contributed by atoms with Gasteiger partial charge in [-0.25, -0.2) is 0 Å². The van der Waals surface area contributed by atoms with Crippen LogP contribution >= 0.6 is 7.60 Å². The molecule has 0 spiro atoms. The zero-order valence-electron chi connectivity index (χ0n) is 15.8. The summed E-state index contributed by atoms with van der Waals surface area (Å²) in [6, 6.07) is 13.7. The Bertz CT molecular complexity index is 914. The van der Waals surface area contributed by atoms with E-state index in [4.69, 9.17) is 15.5 Å². The van der Waals surface area contributed by atoms with Crippen LogP contribution in [0.3, 0.4) is 0 Å². The van der Waals surface area contributed by atoms with E-state index in [1.807, 2.05) is 42.5 Å². The maximum Gasteiger partial charge on any atom is 0.345 e. The predicted octanol–water partition coefficient (Wildman–Crippen LogP) is 5.31. The van der Waals surface area contributed by atoms with Crippen molar-refractivity contribution < 1.29 is 18.4 Å². The van der Waals surface area contributed by atoms with Gasteiger partial charge in [0.15, 0.2) is 5.78 Å². The van der Waals surface area contributed by atoms with Gasteiger partial charge in [-0.2, -0.15) is 0 Å². The van der Waals surface area contributed by atoms with E-state index in [9.17, 15) is 9.36 Å². The molecule has 3 rings (SSSR count). The normalized spacial score (nSPS) is 21.3. The minimum atomic E-state index is -3.76. The van der Waals surface area contributed by atoms with E-state index >= 15 is 0 Å². The van der Waals surface area contributed by atoms with Gasteiger partial charge in [-0.15, -0.1) is 6.42 Å². The van der Waals surface area contributed by atoms with Gasteiger partial charge in [0.25, 0.3) is 0 Å². The maximum atomic E-state index is 13.9. The maximum absolute atomic E-state index is 13.9. The molecular formula is C22H25O4P. The van der Waals surface area contributed by atoms with E-state index in [2.05, 4.69) is 5.92 Å². The third-order valence-electron chi connectivity index (χ3n) is 5.31. The van der Waals surface area contributed by atoms with Gasteiger partial charge in [-0.1, -0.05) is 48.4 Å². The van der Waals surface area contributed by atoms with E-state index < -0.39 is 18.7 Å². The lowest BCUT2D eigenvalue weighted by molar-refractivity contribution is -0.120. The summed E-state index contributed by atoms with van der Waals surface area (Å²) in [6.45, 7) is 3.89. The molecule has 27 heavy (non-hydrogen) atoms. The van der Waals surface area contributed by atoms with Gasteiger partial charge < -0.3 is 9.05 Å². The quantitative estimate of drug-likeness (QED) is 0.479. The molecule has 0 unspecified atom stereocenters. The highest BCUT2D eigenvalue weighted by Crippen LogP contribution is 2.69. The van der Waals surface area contributed by atoms with Crippen molar-refractivity contribution in [1.29, 1.82) is 0 Å². The number of rotatable bonds is 7. The lowest BCUT2D eigenvalue weighted by Crippen LogP contribution is -2.41. The number of fused-ring (bicyclic) bond motifs is 1. The van der Waals surface area contributed by atoms with Crippen molar-refractivity contribution in [3.8, 4) is 12.3 Å². The molecule has 2 aromatic rings. The number of terminal acetylenes is 1. The van der Waals surface area contributed by atoms with Gasteiger partial charge in [0.2, 0.25) is 0 Å². The molecular weight excluding hydrogens is 359 g/mol. The number of carbonyl (C=O) groups is 1. The minimum absolute atomic E-state index is 0.122. The van der Waals surface area contributed by atoms with Gasteiger partial charge in [-0.05, 0) is 43.0 Å².